The monoisotopic (exact) mass is 1920 g/mol. The lowest BCUT2D eigenvalue weighted by atomic mass is 9.88. The highest BCUT2D eigenvalue weighted by Crippen LogP contribution is 2.28. The lowest BCUT2D eigenvalue weighted by molar-refractivity contribution is -0.0750. The molecule has 0 radical (unpaired) electrons. The lowest BCUT2D eigenvalue weighted by Crippen LogP contribution is -2.40. The van der Waals surface area contributed by atoms with Crippen LogP contribution in [0.25, 0.3) is 0 Å². The molecule has 132 heavy (non-hydrogen) atoms. The Morgan fingerprint density at radius 2 is 0.235 bits per heavy atom. The molecule has 21 atom stereocenters. The first-order valence-corrected chi connectivity index (χ1v) is 48.6. The molecule has 0 aliphatic rings. The Morgan fingerprint density at radius 1 is 0.136 bits per heavy atom. The summed E-state index contributed by atoms with van der Waals surface area (Å²) in [6, 6.07) is 0.712. The maximum atomic E-state index is 5.72. The summed E-state index contributed by atoms with van der Waals surface area (Å²) in [5, 5.41) is 0. The molecule has 0 amide bonds. The van der Waals surface area contributed by atoms with Crippen LogP contribution in [0, 0.1) is 21.7 Å². The third kappa shape index (κ3) is 112. The van der Waals surface area contributed by atoms with Crippen LogP contribution in [0.1, 0.15) is 199 Å². The van der Waals surface area contributed by atoms with Gasteiger partial charge in [-0.25, -0.2) is 0 Å². The van der Waals surface area contributed by atoms with E-state index in [1.54, 1.807) is 0 Å². The highest BCUT2D eigenvalue weighted by molar-refractivity contribution is 4.83. The van der Waals surface area contributed by atoms with Crippen LogP contribution in [0.15, 0.2) is 0 Å². The number of ether oxygens (including phenoxy) is 21. The maximum absolute atomic E-state index is 5.72. The molecule has 0 aromatic heterocycles. The van der Waals surface area contributed by atoms with E-state index in [-0.39, 0.29) is 149 Å². The standard InChI is InChI=1S/4C15H35N3O3.3C11H26N2O3/c4*1-5-15(9-19-6-12(2)16,10-20-7-13(3)17)11-21-8-14(4)18;3*1-9(12)6-14-4-5-16-11(3)8-15-7-10(2)13/h4*12-14H,5-11,16-18H2,1-4H3;3*9-11H,4-8,12-13H2,1-3H3. The van der Waals surface area contributed by atoms with E-state index in [2.05, 4.69) is 27.7 Å². The van der Waals surface area contributed by atoms with E-state index in [0.29, 0.717) is 258 Å². The fraction of sp³-hybridized carbons (Fsp3) is 1.00. The van der Waals surface area contributed by atoms with E-state index in [9.17, 15) is 0 Å². The fourth-order valence-electron chi connectivity index (χ4n) is 10.4. The summed E-state index contributed by atoms with van der Waals surface area (Å²) in [4.78, 5) is 0. The maximum Gasteiger partial charge on any atom is 0.0781 e. The lowest BCUT2D eigenvalue weighted by Gasteiger charge is -2.33. The molecule has 21 unspecified atom stereocenters. The zero-order valence-electron chi connectivity index (χ0n) is 88.5. The average Bonchev–Trinajstić information content (AvgIpc) is 0.890. The predicted molar refractivity (Wildman–Crippen MR) is 538 cm³/mol. The smallest absolute Gasteiger partial charge is 0.0781 e. The van der Waals surface area contributed by atoms with Gasteiger partial charge in [0.25, 0.3) is 0 Å². The van der Waals surface area contributed by atoms with Gasteiger partial charge in [0.05, 0.1) is 276 Å². The Bertz CT molecular complexity index is 1870. The molecular weight excluding hydrogens is 1710 g/mol. The van der Waals surface area contributed by atoms with E-state index in [4.69, 9.17) is 203 Å². The van der Waals surface area contributed by atoms with Crippen LogP contribution >= 0.6 is 0 Å². The molecule has 0 rings (SSSR count). The Balaban J connectivity index is -0.000000277. The van der Waals surface area contributed by atoms with Gasteiger partial charge in [-0.3, -0.25) is 0 Å². The number of hydrogen-bond acceptors (Lipinski definition) is 39. The van der Waals surface area contributed by atoms with Gasteiger partial charge >= 0.3 is 0 Å². The minimum atomic E-state index is -0.182. The van der Waals surface area contributed by atoms with Crippen LogP contribution < -0.4 is 103 Å². The number of hydrogen-bond donors (Lipinski definition) is 18. The Kier molecular flexibility index (Phi) is 104. The molecule has 0 fully saturated rings. The first-order valence-electron chi connectivity index (χ1n) is 48.6. The van der Waals surface area contributed by atoms with Gasteiger partial charge in [-0.05, 0) is 171 Å². The molecule has 0 saturated heterocycles. The topological polar surface area (TPSA) is 662 Å². The van der Waals surface area contributed by atoms with Crippen LogP contribution in [-0.4, -0.2) is 385 Å². The molecule has 0 aromatic rings. The van der Waals surface area contributed by atoms with Gasteiger partial charge in [-0.1, -0.05) is 27.7 Å². The zero-order chi connectivity index (χ0) is 102. The van der Waals surface area contributed by atoms with Crippen molar-refractivity contribution in [2.24, 2.45) is 125 Å². The van der Waals surface area contributed by atoms with Crippen molar-refractivity contribution < 1.29 is 99.5 Å². The van der Waals surface area contributed by atoms with Crippen molar-refractivity contribution in [2.45, 2.75) is 326 Å². The summed E-state index contributed by atoms with van der Waals surface area (Å²) >= 11 is 0. The van der Waals surface area contributed by atoms with Gasteiger partial charge < -0.3 is 203 Å². The van der Waals surface area contributed by atoms with Crippen molar-refractivity contribution in [1.29, 1.82) is 0 Å². The molecule has 806 valence electrons. The van der Waals surface area contributed by atoms with Gasteiger partial charge in [0.1, 0.15) is 0 Å². The number of nitrogens with two attached hydrogens (primary N) is 18. The van der Waals surface area contributed by atoms with E-state index in [0.717, 1.165) is 25.7 Å². The molecular formula is C93H218N18O21. The Hall–Kier alpha value is -1.56. The van der Waals surface area contributed by atoms with Crippen LogP contribution in [0.2, 0.25) is 0 Å². The molecule has 39 nitrogen and oxygen atoms in total. The molecule has 0 aliphatic heterocycles. The second-order valence-corrected chi connectivity index (χ2v) is 38.1. The van der Waals surface area contributed by atoms with Crippen LogP contribution in [0.5, 0.6) is 0 Å². The van der Waals surface area contributed by atoms with Gasteiger partial charge in [-0.2, -0.15) is 0 Å². The van der Waals surface area contributed by atoms with Crippen molar-refractivity contribution in [2.75, 3.05) is 258 Å². The average molecular weight is 1920 g/mol. The predicted octanol–water partition coefficient (Wildman–Crippen LogP) is 2.25. The molecule has 0 aliphatic carbocycles. The molecule has 0 saturated carbocycles. The molecule has 36 N–H and O–H groups in total. The van der Waals surface area contributed by atoms with Crippen LogP contribution in [-0.2, 0) is 99.5 Å². The van der Waals surface area contributed by atoms with Gasteiger partial charge in [0.2, 0.25) is 0 Å². The van der Waals surface area contributed by atoms with Crippen molar-refractivity contribution in [3.8, 4) is 0 Å². The molecule has 0 bridgehead atoms. The van der Waals surface area contributed by atoms with E-state index in [1.165, 1.54) is 0 Å². The summed E-state index contributed by atoms with van der Waals surface area (Å²) in [5.74, 6) is 0. The molecule has 0 spiro atoms. The first-order chi connectivity index (χ1) is 61.8. The molecule has 0 heterocycles. The second kappa shape index (κ2) is 95.6. The molecule has 39 heteroatoms. The highest BCUT2D eigenvalue weighted by Gasteiger charge is 2.34. The number of rotatable bonds is 82. The minimum absolute atomic E-state index is 0.0227. The summed E-state index contributed by atoms with van der Waals surface area (Å²) < 4.78 is 117. The van der Waals surface area contributed by atoms with Crippen molar-refractivity contribution in [1.82, 2.24) is 0 Å². The SMILES string of the molecule is CC(N)COCCOC(C)COCC(C)N.CC(N)COCCOC(C)COCC(C)N.CC(N)COCCOC(C)COCC(C)N.CCC(COCC(C)N)(COCC(C)N)COCC(C)N.CCC(COCC(C)N)(COCC(C)N)COCC(C)N.CCC(COCC(C)N)(COCC(C)N)COCC(C)N.CCC(COCC(C)N)(COCC(C)N)COCC(C)N. The third-order valence-electron chi connectivity index (χ3n) is 17.7. The second-order valence-electron chi connectivity index (χ2n) is 38.1. The van der Waals surface area contributed by atoms with E-state index >= 15 is 0 Å². The van der Waals surface area contributed by atoms with E-state index in [1.807, 2.05) is 145 Å². The van der Waals surface area contributed by atoms with Crippen molar-refractivity contribution >= 4 is 0 Å². The fourth-order valence-corrected chi connectivity index (χ4v) is 10.4. The van der Waals surface area contributed by atoms with Crippen LogP contribution in [0.4, 0.5) is 0 Å². The first kappa shape index (κ1) is 143. The van der Waals surface area contributed by atoms with Gasteiger partial charge in [-0.15, -0.1) is 0 Å². The summed E-state index contributed by atoms with van der Waals surface area (Å²) in [6.45, 7) is 70.4. The Labute approximate surface area is 804 Å². The minimum Gasteiger partial charge on any atom is -0.379 e. The molecule has 0 aromatic carbocycles. The largest absolute Gasteiger partial charge is 0.379 e. The normalized spacial score (nSPS) is 18.3. The van der Waals surface area contributed by atoms with Gasteiger partial charge in [0, 0.05) is 130 Å². The highest BCUT2D eigenvalue weighted by atomic mass is 16.6. The van der Waals surface area contributed by atoms with Crippen molar-refractivity contribution in [3.05, 3.63) is 0 Å². The third-order valence-corrected chi connectivity index (χ3v) is 17.7. The summed E-state index contributed by atoms with van der Waals surface area (Å²) in [5.41, 5.74) is 101. The van der Waals surface area contributed by atoms with E-state index < -0.39 is 0 Å². The zero-order valence-corrected chi connectivity index (χ0v) is 88.5. The van der Waals surface area contributed by atoms with Gasteiger partial charge in [0.15, 0.2) is 0 Å². The summed E-state index contributed by atoms with van der Waals surface area (Å²) in [6.07, 6.45) is 3.77. The quantitative estimate of drug-likeness (QED) is 0.0388. The van der Waals surface area contributed by atoms with Crippen molar-refractivity contribution in [3.63, 3.8) is 0 Å². The summed E-state index contributed by atoms with van der Waals surface area (Å²) in [7, 11) is 0. The Morgan fingerprint density at radius 3 is 0.333 bits per heavy atom. The van der Waals surface area contributed by atoms with Crippen LogP contribution in [0.3, 0.4) is 0 Å².